The van der Waals surface area contributed by atoms with Gasteiger partial charge < -0.3 is 4.90 Å². The Kier molecular flexibility index (Phi) is 3.67. The van der Waals surface area contributed by atoms with E-state index in [4.69, 9.17) is 0 Å². The zero-order valence-electron chi connectivity index (χ0n) is 11.9. The van der Waals surface area contributed by atoms with Crippen LogP contribution in [0.5, 0.6) is 0 Å². The number of anilines is 1. The number of hydrogen-bond donors (Lipinski definition) is 0. The second-order valence-electron chi connectivity index (χ2n) is 5.15. The normalized spacial score (nSPS) is 18.7. The highest BCUT2D eigenvalue weighted by molar-refractivity contribution is 5.34. The number of aromatic nitrogens is 4. The number of aryl methyl sites for hydroxylation is 1. The molecule has 0 saturated carbocycles. The Morgan fingerprint density at radius 3 is 2.59 bits per heavy atom. The summed E-state index contributed by atoms with van der Waals surface area (Å²) < 4.78 is 38.8. The van der Waals surface area contributed by atoms with Crippen LogP contribution in [0.3, 0.4) is 0 Å². The lowest BCUT2D eigenvalue weighted by Crippen LogP contribution is -2.27. The van der Waals surface area contributed by atoms with Crippen LogP contribution in [0.25, 0.3) is 0 Å². The molecule has 8 heteroatoms. The third kappa shape index (κ3) is 2.86. The highest BCUT2D eigenvalue weighted by atomic mass is 19.4. The standard InChI is InChI=1S/C14H14F3N5/c1-9-8-11(14(15,16)17)21-12(20-9)10-4-2-7-22(10)13-18-5-3-6-19-13/h3,5-6,8,10H,2,4,7H2,1H3. The minimum absolute atomic E-state index is 0.178. The Hall–Kier alpha value is -2.25. The zero-order valence-corrected chi connectivity index (χ0v) is 11.9. The van der Waals surface area contributed by atoms with Gasteiger partial charge in [0.05, 0.1) is 6.04 Å². The maximum atomic E-state index is 12.9. The van der Waals surface area contributed by atoms with Crippen molar-refractivity contribution < 1.29 is 13.2 Å². The Morgan fingerprint density at radius 1 is 1.18 bits per heavy atom. The molecule has 0 aromatic carbocycles. The summed E-state index contributed by atoms with van der Waals surface area (Å²) in [6.45, 7) is 2.21. The number of halogens is 3. The van der Waals surface area contributed by atoms with E-state index in [1.165, 1.54) is 0 Å². The molecule has 1 saturated heterocycles. The molecule has 3 rings (SSSR count). The van der Waals surface area contributed by atoms with Gasteiger partial charge >= 0.3 is 6.18 Å². The molecule has 1 unspecified atom stereocenters. The molecule has 1 aliphatic rings. The van der Waals surface area contributed by atoms with Gasteiger partial charge in [0.2, 0.25) is 5.95 Å². The summed E-state index contributed by atoms with van der Waals surface area (Å²) in [6.07, 6.45) is 0.252. The summed E-state index contributed by atoms with van der Waals surface area (Å²) >= 11 is 0. The first-order chi connectivity index (χ1) is 10.4. The molecule has 0 radical (unpaired) electrons. The van der Waals surface area contributed by atoms with Gasteiger partial charge in [-0.15, -0.1) is 0 Å². The van der Waals surface area contributed by atoms with Crippen LogP contribution >= 0.6 is 0 Å². The molecule has 0 N–H and O–H groups in total. The van der Waals surface area contributed by atoms with Crippen molar-refractivity contribution in [3.63, 3.8) is 0 Å². The number of rotatable bonds is 2. The molecule has 3 heterocycles. The molecule has 1 fully saturated rings. The summed E-state index contributed by atoms with van der Waals surface area (Å²) in [4.78, 5) is 18.1. The highest BCUT2D eigenvalue weighted by Gasteiger charge is 2.36. The van der Waals surface area contributed by atoms with Crippen molar-refractivity contribution in [2.24, 2.45) is 0 Å². The second kappa shape index (κ2) is 5.51. The highest BCUT2D eigenvalue weighted by Crippen LogP contribution is 2.34. The van der Waals surface area contributed by atoms with Crippen LogP contribution in [0.4, 0.5) is 19.1 Å². The van der Waals surface area contributed by atoms with E-state index < -0.39 is 11.9 Å². The summed E-state index contributed by atoms with van der Waals surface area (Å²) in [6, 6.07) is 2.32. The Balaban J connectivity index is 1.98. The Bertz CT molecular complexity index is 659. The molecule has 0 amide bonds. The molecule has 0 spiro atoms. The van der Waals surface area contributed by atoms with Crippen molar-refractivity contribution in [3.05, 3.63) is 41.7 Å². The minimum atomic E-state index is -4.48. The summed E-state index contributed by atoms with van der Waals surface area (Å²) in [5, 5.41) is 0. The first kappa shape index (κ1) is 14.7. The maximum Gasteiger partial charge on any atom is 0.433 e. The predicted octanol–water partition coefficient (Wildman–Crippen LogP) is 2.94. The van der Waals surface area contributed by atoms with Gasteiger partial charge in [0.15, 0.2) is 5.82 Å². The van der Waals surface area contributed by atoms with Crippen LogP contribution in [-0.2, 0) is 6.18 Å². The topological polar surface area (TPSA) is 54.8 Å². The first-order valence-electron chi connectivity index (χ1n) is 6.91. The molecule has 116 valence electrons. The van der Waals surface area contributed by atoms with Crippen LogP contribution in [0.2, 0.25) is 0 Å². The molecule has 0 aliphatic carbocycles. The Morgan fingerprint density at radius 2 is 1.91 bits per heavy atom. The van der Waals surface area contributed by atoms with Gasteiger partial charge in [-0.25, -0.2) is 19.9 Å². The molecular weight excluding hydrogens is 295 g/mol. The van der Waals surface area contributed by atoms with Gasteiger partial charge in [-0.05, 0) is 31.9 Å². The lowest BCUT2D eigenvalue weighted by molar-refractivity contribution is -0.141. The fourth-order valence-corrected chi connectivity index (χ4v) is 2.60. The van der Waals surface area contributed by atoms with Crippen molar-refractivity contribution in [3.8, 4) is 0 Å². The average molecular weight is 309 g/mol. The van der Waals surface area contributed by atoms with E-state index in [1.807, 2.05) is 4.90 Å². The van der Waals surface area contributed by atoms with E-state index in [-0.39, 0.29) is 11.9 Å². The third-order valence-corrected chi connectivity index (χ3v) is 3.52. The van der Waals surface area contributed by atoms with E-state index in [0.717, 1.165) is 12.5 Å². The van der Waals surface area contributed by atoms with E-state index in [0.29, 0.717) is 24.6 Å². The number of hydrogen-bond acceptors (Lipinski definition) is 5. The Labute approximate surface area is 125 Å². The minimum Gasteiger partial charge on any atom is -0.331 e. The number of alkyl halides is 3. The lowest BCUT2D eigenvalue weighted by atomic mass is 10.2. The molecular formula is C14H14F3N5. The SMILES string of the molecule is Cc1cc(C(F)(F)F)nc(C2CCCN2c2ncccn2)n1. The van der Waals surface area contributed by atoms with Gasteiger partial charge in [-0.2, -0.15) is 13.2 Å². The van der Waals surface area contributed by atoms with E-state index in [1.54, 1.807) is 25.4 Å². The molecule has 0 bridgehead atoms. The molecule has 5 nitrogen and oxygen atoms in total. The van der Waals surface area contributed by atoms with Crippen molar-refractivity contribution in [1.82, 2.24) is 19.9 Å². The van der Waals surface area contributed by atoms with Gasteiger partial charge in [-0.3, -0.25) is 0 Å². The lowest BCUT2D eigenvalue weighted by Gasteiger charge is -2.24. The predicted molar refractivity (Wildman–Crippen MR) is 73.1 cm³/mol. The van der Waals surface area contributed by atoms with Gasteiger partial charge in [0.25, 0.3) is 0 Å². The number of nitrogens with zero attached hydrogens (tertiary/aromatic N) is 5. The summed E-state index contributed by atoms with van der Waals surface area (Å²) in [5.74, 6) is 0.668. The van der Waals surface area contributed by atoms with E-state index in [2.05, 4.69) is 19.9 Å². The van der Waals surface area contributed by atoms with Gasteiger partial charge in [-0.1, -0.05) is 0 Å². The second-order valence-corrected chi connectivity index (χ2v) is 5.15. The fourth-order valence-electron chi connectivity index (χ4n) is 2.60. The van der Waals surface area contributed by atoms with Crippen LogP contribution in [0.15, 0.2) is 24.5 Å². The largest absolute Gasteiger partial charge is 0.433 e. The van der Waals surface area contributed by atoms with Crippen LogP contribution in [0, 0.1) is 6.92 Å². The van der Waals surface area contributed by atoms with Crippen LogP contribution in [0.1, 0.15) is 36.1 Å². The van der Waals surface area contributed by atoms with Crippen molar-refractivity contribution in [1.29, 1.82) is 0 Å². The smallest absolute Gasteiger partial charge is 0.331 e. The monoisotopic (exact) mass is 309 g/mol. The molecule has 2 aromatic rings. The van der Waals surface area contributed by atoms with Crippen LogP contribution in [-0.4, -0.2) is 26.5 Å². The summed E-state index contributed by atoms with van der Waals surface area (Å²) in [5.41, 5.74) is -0.603. The fraction of sp³-hybridized carbons (Fsp3) is 0.429. The molecule has 22 heavy (non-hydrogen) atoms. The van der Waals surface area contributed by atoms with Gasteiger partial charge in [0, 0.05) is 24.6 Å². The van der Waals surface area contributed by atoms with Crippen molar-refractivity contribution in [2.75, 3.05) is 11.4 Å². The maximum absolute atomic E-state index is 12.9. The van der Waals surface area contributed by atoms with Crippen molar-refractivity contribution >= 4 is 5.95 Å². The summed E-state index contributed by atoms with van der Waals surface area (Å²) in [7, 11) is 0. The average Bonchev–Trinajstić information content (AvgIpc) is 2.96. The van der Waals surface area contributed by atoms with Crippen molar-refractivity contribution in [2.45, 2.75) is 32.0 Å². The van der Waals surface area contributed by atoms with Gasteiger partial charge in [0.1, 0.15) is 5.69 Å². The quantitative estimate of drug-likeness (QED) is 0.853. The molecule has 1 atom stereocenters. The molecule has 2 aromatic heterocycles. The van der Waals surface area contributed by atoms with Crippen LogP contribution < -0.4 is 4.90 Å². The zero-order chi connectivity index (χ0) is 15.7. The van der Waals surface area contributed by atoms with E-state index >= 15 is 0 Å². The third-order valence-electron chi connectivity index (χ3n) is 3.52. The first-order valence-corrected chi connectivity index (χ1v) is 6.91. The van der Waals surface area contributed by atoms with E-state index in [9.17, 15) is 13.2 Å². The molecule has 1 aliphatic heterocycles.